The molecule has 1 saturated heterocycles. The molecular weight excluding hydrogens is 328 g/mol. The standard InChI is InChI=1S/C20H26N4O2/c1-15-18(19(22-26-15)16-6-5-9-21-14-16)20(25)24-12-10-23(11-13-24)17-7-3-2-4-8-17/h5-6,9,14,17H,2-4,7-8,10-13H2,1H3. The van der Waals surface area contributed by atoms with Gasteiger partial charge >= 0.3 is 0 Å². The van der Waals surface area contributed by atoms with Gasteiger partial charge in [0.05, 0.1) is 0 Å². The van der Waals surface area contributed by atoms with Crippen molar-refractivity contribution in [1.29, 1.82) is 0 Å². The minimum absolute atomic E-state index is 0.0193. The van der Waals surface area contributed by atoms with E-state index < -0.39 is 0 Å². The molecular formula is C20H26N4O2. The lowest BCUT2D eigenvalue weighted by atomic mass is 9.94. The molecule has 0 atom stereocenters. The van der Waals surface area contributed by atoms with E-state index in [0.29, 0.717) is 23.1 Å². The van der Waals surface area contributed by atoms with Crippen molar-refractivity contribution in [2.45, 2.75) is 45.1 Å². The summed E-state index contributed by atoms with van der Waals surface area (Å²) in [4.78, 5) is 21.8. The molecule has 1 amide bonds. The van der Waals surface area contributed by atoms with Gasteiger partial charge in [0.25, 0.3) is 5.91 Å². The molecule has 4 rings (SSSR count). The number of aryl methyl sites for hydroxylation is 1. The van der Waals surface area contributed by atoms with Crippen LogP contribution in [0.1, 0.15) is 48.2 Å². The second-order valence-electron chi connectivity index (χ2n) is 7.32. The molecule has 0 N–H and O–H groups in total. The summed E-state index contributed by atoms with van der Waals surface area (Å²) in [6.07, 6.45) is 10.1. The number of hydrogen-bond acceptors (Lipinski definition) is 5. The molecule has 2 aromatic heterocycles. The number of carbonyl (C=O) groups excluding carboxylic acids is 1. The maximum absolute atomic E-state index is 13.1. The number of rotatable bonds is 3. The number of nitrogens with zero attached hydrogens (tertiary/aromatic N) is 4. The molecule has 0 aromatic carbocycles. The molecule has 6 heteroatoms. The molecule has 2 aromatic rings. The van der Waals surface area contributed by atoms with Gasteiger partial charge in [0.15, 0.2) is 0 Å². The predicted octanol–water partition coefficient (Wildman–Crippen LogP) is 3.14. The number of piperazine rings is 1. The fourth-order valence-electron chi connectivity index (χ4n) is 4.22. The van der Waals surface area contributed by atoms with Crippen LogP contribution in [0.5, 0.6) is 0 Å². The van der Waals surface area contributed by atoms with Gasteiger partial charge in [-0.1, -0.05) is 24.4 Å². The first-order chi connectivity index (χ1) is 12.7. The van der Waals surface area contributed by atoms with Crippen molar-refractivity contribution in [1.82, 2.24) is 19.9 Å². The highest BCUT2D eigenvalue weighted by molar-refractivity contribution is 6.00. The third kappa shape index (κ3) is 3.38. The second kappa shape index (κ2) is 7.58. The third-order valence-corrected chi connectivity index (χ3v) is 5.70. The van der Waals surface area contributed by atoms with Gasteiger partial charge < -0.3 is 9.42 Å². The quantitative estimate of drug-likeness (QED) is 0.847. The van der Waals surface area contributed by atoms with Gasteiger partial charge in [-0.15, -0.1) is 0 Å². The number of pyridine rings is 1. The van der Waals surface area contributed by atoms with E-state index in [1.54, 1.807) is 19.3 Å². The zero-order chi connectivity index (χ0) is 17.9. The summed E-state index contributed by atoms with van der Waals surface area (Å²) in [5.74, 6) is 0.592. The number of hydrogen-bond donors (Lipinski definition) is 0. The molecule has 0 spiro atoms. The summed E-state index contributed by atoms with van der Waals surface area (Å²) in [7, 11) is 0. The smallest absolute Gasteiger partial charge is 0.259 e. The summed E-state index contributed by atoms with van der Waals surface area (Å²) in [5.41, 5.74) is 1.98. The number of amides is 1. The van der Waals surface area contributed by atoms with Crippen LogP contribution in [0.25, 0.3) is 11.3 Å². The van der Waals surface area contributed by atoms with Gasteiger partial charge in [-0.3, -0.25) is 14.7 Å². The van der Waals surface area contributed by atoms with Gasteiger partial charge in [-0.05, 0) is 31.9 Å². The van der Waals surface area contributed by atoms with E-state index in [4.69, 9.17) is 4.52 Å². The molecule has 1 aliphatic heterocycles. The monoisotopic (exact) mass is 354 g/mol. The Balaban J connectivity index is 1.47. The van der Waals surface area contributed by atoms with Crippen LogP contribution in [-0.4, -0.2) is 58.1 Å². The van der Waals surface area contributed by atoms with Crippen LogP contribution in [0.2, 0.25) is 0 Å². The average molecular weight is 354 g/mol. The first kappa shape index (κ1) is 17.2. The highest BCUT2D eigenvalue weighted by Crippen LogP contribution is 2.27. The fourth-order valence-corrected chi connectivity index (χ4v) is 4.22. The molecule has 26 heavy (non-hydrogen) atoms. The Morgan fingerprint density at radius 2 is 1.92 bits per heavy atom. The Morgan fingerprint density at radius 1 is 1.15 bits per heavy atom. The van der Waals surface area contributed by atoms with Crippen molar-refractivity contribution >= 4 is 5.91 Å². The topological polar surface area (TPSA) is 62.5 Å². The maximum Gasteiger partial charge on any atom is 0.259 e. The van der Waals surface area contributed by atoms with E-state index in [9.17, 15) is 4.79 Å². The van der Waals surface area contributed by atoms with Crippen molar-refractivity contribution in [3.63, 3.8) is 0 Å². The highest BCUT2D eigenvalue weighted by Gasteiger charge is 2.31. The van der Waals surface area contributed by atoms with E-state index in [1.807, 2.05) is 17.0 Å². The minimum Gasteiger partial charge on any atom is -0.360 e. The van der Waals surface area contributed by atoms with Crippen LogP contribution in [0.3, 0.4) is 0 Å². The van der Waals surface area contributed by atoms with Gasteiger partial charge in [0, 0.05) is 50.2 Å². The zero-order valence-electron chi connectivity index (χ0n) is 15.4. The fraction of sp³-hybridized carbons (Fsp3) is 0.550. The normalized spacial score (nSPS) is 19.7. The van der Waals surface area contributed by atoms with Gasteiger partial charge in [-0.2, -0.15) is 0 Å². The second-order valence-corrected chi connectivity index (χ2v) is 7.32. The molecule has 138 valence electrons. The highest BCUT2D eigenvalue weighted by atomic mass is 16.5. The van der Waals surface area contributed by atoms with Crippen LogP contribution in [0.15, 0.2) is 29.0 Å². The van der Waals surface area contributed by atoms with Crippen molar-refractivity contribution in [2.75, 3.05) is 26.2 Å². The first-order valence-corrected chi connectivity index (χ1v) is 9.64. The van der Waals surface area contributed by atoms with Crippen molar-refractivity contribution in [3.8, 4) is 11.3 Å². The van der Waals surface area contributed by atoms with E-state index in [2.05, 4.69) is 15.0 Å². The van der Waals surface area contributed by atoms with Crippen LogP contribution < -0.4 is 0 Å². The lowest BCUT2D eigenvalue weighted by Gasteiger charge is -2.40. The Morgan fingerprint density at radius 3 is 2.62 bits per heavy atom. The molecule has 3 heterocycles. The van der Waals surface area contributed by atoms with E-state index >= 15 is 0 Å². The van der Waals surface area contributed by atoms with Crippen molar-refractivity contribution < 1.29 is 9.32 Å². The summed E-state index contributed by atoms with van der Waals surface area (Å²) in [6, 6.07) is 4.46. The van der Waals surface area contributed by atoms with Crippen LogP contribution in [0, 0.1) is 6.92 Å². The summed E-state index contributed by atoms with van der Waals surface area (Å²) in [6.45, 7) is 5.27. The number of carbonyl (C=O) groups is 1. The largest absolute Gasteiger partial charge is 0.360 e. The van der Waals surface area contributed by atoms with Gasteiger partial charge in [-0.25, -0.2) is 0 Å². The Kier molecular flexibility index (Phi) is 5.02. The summed E-state index contributed by atoms with van der Waals surface area (Å²) >= 11 is 0. The van der Waals surface area contributed by atoms with Crippen LogP contribution in [0.4, 0.5) is 0 Å². The molecule has 1 aliphatic carbocycles. The van der Waals surface area contributed by atoms with Gasteiger partial charge in [0.2, 0.25) is 0 Å². The van der Waals surface area contributed by atoms with Crippen molar-refractivity contribution in [3.05, 3.63) is 35.9 Å². The lowest BCUT2D eigenvalue weighted by molar-refractivity contribution is 0.0522. The first-order valence-electron chi connectivity index (χ1n) is 9.64. The average Bonchev–Trinajstić information content (AvgIpc) is 3.10. The molecule has 2 fully saturated rings. The maximum atomic E-state index is 13.1. The summed E-state index contributed by atoms with van der Waals surface area (Å²) in [5, 5.41) is 4.12. The predicted molar refractivity (Wildman–Crippen MR) is 98.8 cm³/mol. The Bertz CT molecular complexity index is 744. The van der Waals surface area contributed by atoms with Gasteiger partial charge in [0.1, 0.15) is 17.0 Å². The lowest BCUT2D eigenvalue weighted by Crippen LogP contribution is -2.52. The molecule has 2 aliphatic rings. The van der Waals surface area contributed by atoms with Crippen LogP contribution in [-0.2, 0) is 0 Å². The van der Waals surface area contributed by atoms with Crippen molar-refractivity contribution in [2.24, 2.45) is 0 Å². The molecule has 1 saturated carbocycles. The van der Waals surface area contributed by atoms with Crippen LogP contribution >= 0.6 is 0 Å². The minimum atomic E-state index is 0.0193. The SMILES string of the molecule is Cc1onc(-c2cccnc2)c1C(=O)N1CCN(C2CCCCC2)CC1. The van der Waals surface area contributed by atoms with E-state index in [1.165, 1.54) is 32.1 Å². The zero-order valence-corrected chi connectivity index (χ0v) is 15.4. The third-order valence-electron chi connectivity index (χ3n) is 5.70. The van der Waals surface area contributed by atoms with E-state index in [-0.39, 0.29) is 5.91 Å². The Labute approximate surface area is 154 Å². The number of aromatic nitrogens is 2. The Hall–Kier alpha value is -2.21. The molecule has 0 radical (unpaired) electrons. The molecule has 0 bridgehead atoms. The van der Waals surface area contributed by atoms with E-state index in [0.717, 1.165) is 31.7 Å². The summed E-state index contributed by atoms with van der Waals surface area (Å²) < 4.78 is 5.34. The molecule has 0 unspecified atom stereocenters. The molecule has 6 nitrogen and oxygen atoms in total.